The van der Waals surface area contributed by atoms with E-state index in [1.807, 2.05) is 0 Å². The van der Waals surface area contributed by atoms with Gasteiger partial charge in [-0.05, 0) is 25.2 Å². The molecule has 2 N–H and O–H groups in total. The molecule has 0 radical (unpaired) electrons. The lowest BCUT2D eigenvalue weighted by Crippen LogP contribution is -2.44. The molecule has 0 aliphatic carbocycles. The first-order chi connectivity index (χ1) is 8.15. The number of nitrogens with zero attached hydrogens (tertiary/aromatic N) is 1. The molecule has 2 amide bonds. The predicted octanol–water partition coefficient (Wildman–Crippen LogP) is 1.98. The van der Waals surface area contributed by atoms with Crippen LogP contribution in [-0.4, -0.2) is 41.8 Å². The van der Waals surface area contributed by atoms with E-state index in [9.17, 15) is 4.79 Å². The molecule has 1 heterocycles. The molecule has 1 rings (SSSR count). The van der Waals surface area contributed by atoms with Gasteiger partial charge in [-0.2, -0.15) is 0 Å². The summed E-state index contributed by atoms with van der Waals surface area (Å²) in [4.78, 5) is 13.6. The van der Waals surface area contributed by atoms with Crippen molar-refractivity contribution in [3.63, 3.8) is 0 Å². The van der Waals surface area contributed by atoms with Crippen LogP contribution in [0.15, 0.2) is 0 Å². The number of carbonyl (C=O) groups is 1. The Morgan fingerprint density at radius 2 is 2.24 bits per heavy atom. The average molecular weight is 242 g/mol. The normalized spacial score (nSPS) is 20.0. The van der Waals surface area contributed by atoms with Gasteiger partial charge in [0.05, 0.1) is 12.6 Å². The second-order valence-electron chi connectivity index (χ2n) is 5.29. The van der Waals surface area contributed by atoms with Crippen molar-refractivity contribution in [1.29, 1.82) is 0 Å². The lowest BCUT2D eigenvalue weighted by Gasteiger charge is -2.23. The molecule has 1 fully saturated rings. The molecule has 1 saturated heterocycles. The number of unbranched alkanes of at least 4 members (excludes halogenated alkanes) is 1. The zero-order valence-electron chi connectivity index (χ0n) is 11.1. The Morgan fingerprint density at radius 3 is 2.88 bits per heavy atom. The highest BCUT2D eigenvalue weighted by molar-refractivity contribution is 5.74. The fourth-order valence-corrected chi connectivity index (χ4v) is 2.27. The van der Waals surface area contributed by atoms with Crippen LogP contribution in [0.2, 0.25) is 0 Å². The van der Waals surface area contributed by atoms with Crippen molar-refractivity contribution in [1.82, 2.24) is 10.2 Å². The van der Waals surface area contributed by atoms with E-state index < -0.39 is 0 Å². The van der Waals surface area contributed by atoms with Crippen molar-refractivity contribution in [3.8, 4) is 0 Å². The van der Waals surface area contributed by atoms with Gasteiger partial charge in [0.1, 0.15) is 0 Å². The number of aliphatic hydroxyl groups excluding tert-OH is 1. The van der Waals surface area contributed by atoms with Crippen LogP contribution in [0.25, 0.3) is 0 Å². The lowest BCUT2D eigenvalue weighted by atomic mass is 10.1. The molecule has 0 bridgehead atoms. The van der Waals surface area contributed by atoms with E-state index in [-0.39, 0.29) is 18.7 Å². The van der Waals surface area contributed by atoms with Crippen molar-refractivity contribution in [2.75, 3.05) is 19.7 Å². The average Bonchev–Trinajstić information content (AvgIpc) is 2.75. The maximum absolute atomic E-state index is 11.8. The summed E-state index contributed by atoms with van der Waals surface area (Å²) in [5.74, 6) is 0.739. The Balaban J connectivity index is 2.12. The van der Waals surface area contributed by atoms with Gasteiger partial charge in [0, 0.05) is 13.1 Å². The maximum Gasteiger partial charge on any atom is 0.317 e. The first-order valence-electron chi connectivity index (χ1n) is 6.80. The van der Waals surface area contributed by atoms with Crippen molar-refractivity contribution >= 4 is 6.03 Å². The molecule has 1 aliphatic heterocycles. The van der Waals surface area contributed by atoms with Gasteiger partial charge in [0.15, 0.2) is 0 Å². The van der Waals surface area contributed by atoms with Crippen LogP contribution in [0.5, 0.6) is 0 Å². The second-order valence-corrected chi connectivity index (χ2v) is 5.29. The third-order valence-corrected chi connectivity index (χ3v) is 3.33. The monoisotopic (exact) mass is 242 g/mol. The molecule has 4 heteroatoms. The third kappa shape index (κ3) is 4.94. The van der Waals surface area contributed by atoms with E-state index in [2.05, 4.69) is 19.2 Å². The number of amides is 2. The molecule has 0 aromatic heterocycles. The van der Waals surface area contributed by atoms with Crippen LogP contribution in [0, 0.1) is 5.92 Å². The van der Waals surface area contributed by atoms with Crippen molar-refractivity contribution in [3.05, 3.63) is 0 Å². The summed E-state index contributed by atoms with van der Waals surface area (Å²) in [6, 6.07) is 0.0248. The largest absolute Gasteiger partial charge is 0.394 e. The molecular formula is C13H26N2O2. The molecular weight excluding hydrogens is 216 g/mol. The molecule has 0 unspecified atom stereocenters. The Bertz CT molecular complexity index is 231. The maximum atomic E-state index is 11.8. The Morgan fingerprint density at radius 1 is 1.47 bits per heavy atom. The molecule has 4 nitrogen and oxygen atoms in total. The highest BCUT2D eigenvalue weighted by Crippen LogP contribution is 2.16. The van der Waals surface area contributed by atoms with Gasteiger partial charge in [0.2, 0.25) is 0 Å². The van der Waals surface area contributed by atoms with Gasteiger partial charge in [0.25, 0.3) is 0 Å². The first kappa shape index (κ1) is 14.3. The molecule has 1 atom stereocenters. The number of rotatable bonds is 6. The van der Waals surface area contributed by atoms with E-state index in [0.29, 0.717) is 0 Å². The number of carbonyl (C=O) groups excluding carboxylic acids is 1. The van der Waals surface area contributed by atoms with Crippen LogP contribution in [-0.2, 0) is 0 Å². The Hall–Kier alpha value is -0.770. The minimum Gasteiger partial charge on any atom is -0.394 e. The topological polar surface area (TPSA) is 52.6 Å². The smallest absolute Gasteiger partial charge is 0.317 e. The zero-order chi connectivity index (χ0) is 12.7. The summed E-state index contributed by atoms with van der Waals surface area (Å²) >= 11 is 0. The van der Waals surface area contributed by atoms with Crippen LogP contribution >= 0.6 is 0 Å². The first-order valence-corrected chi connectivity index (χ1v) is 6.80. The van der Waals surface area contributed by atoms with E-state index in [1.54, 1.807) is 4.90 Å². The van der Waals surface area contributed by atoms with Gasteiger partial charge in [-0.15, -0.1) is 0 Å². The summed E-state index contributed by atoms with van der Waals surface area (Å²) < 4.78 is 0. The minimum atomic E-state index is -0.00824. The number of hydrogen-bond donors (Lipinski definition) is 2. The Kier molecular flexibility index (Phi) is 6.34. The fraction of sp³-hybridized carbons (Fsp3) is 0.923. The lowest BCUT2D eigenvalue weighted by molar-refractivity contribution is 0.157. The number of nitrogens with one attached hydrogen (secondary N) is 1. The van der Waals surface area contributed by atoms with E-state index in [4.69, 9.17) is 5.11 Å². The van der Waals surface area contributed by atoms with E-state index in [1.165, 1.54) is 12.8 Å². The summed E-state index contributed by atoms with van der Waals surface area (Å²) in [7, 11) is 0. The highest BCUT2D eigenvalue weighted by atomic mass is 16.3. The van der Waals surface area contributed by atoms with Gasteiger partial charge < -0.3 is 15.3 Å². The van der Waals surface area contributed by atoms with Crippen molar-refractivity contribution < 1.29 is 9.90 Å². The van der Waals surface area contributed by atoms with Gasteiger partial charge in [-0.3, -0.25) is 0 Å². The summed E-state index contributed by atoms with van der Waals surface area (Å²) in [6.07, 6.45) is 5.37. The van der Waals surface area contributed by atoms with Crippen LogP contribution in [0.3, 0.4) is 0 Å². The Labute approximate surface area is 104 Å². The van der Waals surface area contributed by atoms with Crippen LogP contribution in [0.1, 0.15) is 46.0 Å². The summed E-state index contributed by atoms with van der Waals surface area (Å²) in [5, 5.41) is 12.1. The van der Waals surface area contributed by atoms with Crippen LogP contribution < -0.4 is 5.32 Å². The van der Waals surface area contributed by atoms with Crippen molar-refractivity contribution in [2.24, 2.45) is 5.92 Å². The molecule has 0 aromatic rings. The highest BCUT2D eigenvalue weighted by Gasteiger charge is 2.27. The number of urea groups is 1. The summed E-state index contributed by atoms with van der Waals surface area (Å²) in [5.41, 5.74) is 0. The van der Waals surface area contributed by atoms with E-state index >= 15 is 0 Å². The number of likely N-dealkylation sites (tertiary alicyclic amines) is 1. The molecule has 1 aliphatic rings. The van der Waals surface area contributed by atoms with Crippen molar-refractivity contribution in [2.45, 2.75) is 52.0 Å². The number of aliphatic hydroxyl groups is 1. The predicted molar refractivity (Wildman–Crippen MR) is 68.9 cm³/mol. The standard InChI is InChI=1S/C13H26N2O2/c1-11(2)6-3-4-8-14-13(17)15-9-5-7-12(15)10-16/h11-12,16H,3-10H2,1-2H3,(H,14,17)/t12-/m1/s1. The molecule has 100 valence electrons. The quantitative estimate of drug-likeness (QED) is 0.700. The van der Waals surface area contributed by atoms with Gasteiger partial charge in [-0.1, -0.05) is 26.7 Å². The van der Waals surface area contributed by atoms with Gasteiger partial charge >= 0.3 is 6.03 Å². The molecule has 0 aromatic carbocycles. The zero-order valence-corrected chi connectivity index (χ0v) is 11.1. The van der Waals surface area contributed by atoms with E-state index in [0.717, 1.165) is 38.3 Å². The van der Waals surface area contributed by atoms with Crippen LogP contribution in [0.4, 0.5) is 4.79 Å². The van der Waals surface area contributed by atoms with Gasteiger partial charge in [-0.25, -0.2) is 4.79 Å². The minimum absolute atomic E-state index is 0.00824. The second kappa shape index (κ2) is 7.54. The number of hydrogen-bond acceptors (Lipinski definition) is 2. The summed E-state index contributed by atoms with van der Waals surface area (Å²) in [6.45, 7) is 6.05. The third-order valence-electron chi connectivity index (χ3n) is 3.33. The molecule has 17 heavy (non-hydrogen) atoms. The SMILES string of the molecule is CC(C)CCCCNC(=O)N1CCC[C@@H]1CO. The molecule has 0 saturated carbocycles. The molecule has 0 spiro atoms. The fourth-order valence-electron chi connectivity index (χ4n) is 2.27.